The van der Waals surface area contributed by atoms with Crippen LogP contribution in [0.1, 0.15) is 29.7 Å². The summed E-state index contributed by atoms with van der Waals surface area (Å²) in [5, 5.41) is 0. The lowest BCUT2D eigenvalue weighted by atomic mass is 11.6. The van der Waals surface area contributed by atoms with E-state index in [4.69, 9.17) is 0 Å². The first-order valence-electron chi connectivity index (χ1n) is 4.00. The fourth-order valence-corrected chi connectivity index (χ4v) is 8.25. The molecule has 0 aliphatic carbocycles. The van der Waals surface area contributed by atoms with Crippen molar-refractivity contribution in [1.29, 1.82) is 0 Å². The molecule has 0 aromatic rings. The van der Waals surface area contributed by atoms with Crippen LogP contribution in [-0.2, 0) is 0 Å². The minimum atomic E-state index is -1.52. The van der Waals surface area contributed by atoms with E-state index in [9.17, 15) is 0 Å². The number of rotatable bonds is 4. The van der Waals surface area contributed by atoms with Crippen LogP contribution in [0.3, 0.4) is 0 Å². The SMILES string of the molecule is C.C.C.C.CN[Si](C)(NC)N[Si](C)(C)C. The largest absolute Gasteiger partial charge is 0.335 e. The Kier molecular flexibility index (Phi) is 21.3. The predicted octanol–water partition coefficient (Wildman–Crippen LogP) is 2.96. The highest BCUT2D eigenvalue weighted by Gasteiger charge is 2.29. The van der Waals surface area contributed by atoms with Crippen molar-refractivity contribution in [3.63, 3.8) is 0 Å². The van der Waals surface area contributed by atoms with Crippen molar-refractivity contribution in [2.45, 2.75) is 55.9 Å². The van der Waals surface area contributed by atoms with Crippen molar-refractivity contribution in [2.24, 2.45) is 0 Å². The molecule has 0 atom stereocenters. The van der Waals surface area contributed by atoms with Crippen molar-refractivity contribution in [1.82, 2.24) is 14.6 Å². The molecular formula is C10H37N3Si2. The first-order chi connectivity index (χ1) is 4.83. The molecule has 3 N–H and O–H groups in total. The van der Waals surface area contributed by atoms with Gasteiger partial charge in [0.05, 0.1) is 0 Å². The molecule has 3 nitrogen and oxygen atoms in total. The van der Waals surface area contributed by atoms with Crippen LogP contribution in [0, 0.1) is 0 Å². The van der Waals surface area contributed by atoms with Gasteiger partial charge in [-0.05, 0) is 20.6 Å². The van der Waals surface area contributed by atoms with Crippen LogP contribution >= 0.6 is 0 Å². The second-order valence-electron chi connectivity index (χ2n) is 4.00. The van der Waals surface area contributed by atoms with Gasteiger partial charge in [0.1, 0.15) is 8.24 Å². The van der Waals surface area contributed by atoms with Gasteiger partial charge in [0.15, 0.2) is 0 Å². The maximum Gasteiger partial charge on any atom is 0.271 e. The molecule has 0 unspecified atom stereocenters. The summed E-state index contributed by atoms with van der Waals surface area (Å²) < 4.78 is 3.69. The van der Waals surface area contributed by atoms with Crippen LogP contribution in [-0.4, -0.2) is 30.9 Å². The van der Waals surface area contributed by atoms with Gasteiger partial charge in [0, 0.05) is 0 Å². The van der Waals surface area contributed by atoms with Crippen LogP contribution in [0.15, 0.2) is 0 Å². The van der Waals surface area contributed by atoms with Crippen molar-refractivity contribution in [3.8, 4) is 0 Å². The molecule has 0 amide bonds. The minimum absolute atomic E-state index is 0. The maximum absolute atomic E-state index is 3.69. The summed E-state index contributed by atoms with van der Waals surface area (Å²) in [6.07, 6.45) is 0. The first-order valence-corrected chi connectivity index (χ1v) is 10.0. The molecule has 0 aliphatic heterocycles. The third kappa shape index (κ3) is 14.3. The third-order valence-electron chi connectivity index (χ3n) is 1.62. The quantitative estimate of drug-likeness (QED) is 0.676. The third-order valence-corrected chi connectivity index (χ3v) is 8.62. The molecule has 0 radical (unpaired) electrons. The van der Waals surface area contributed by atoms with Gasteiger partial charge >= 0.3 is 0 Å². The molecule has 0 saturated carbocycles. The molecule has 0 aromatic heterocycles. The summed E-state index contributed by atoms with van der Waals surface area (Å²) in [6.45, 7) is 9.18. The summed E-state index contributed by atoms with van der Waals surface area (Å²) in [4.78, 5) is 6.67. The van der Waals surface area contributed by atoms with Crippen molar-refractivity contribution in [2.75, 3.05) is 14.1 Å². The van der Waals surface area contributed by atoms with Gasteiger partial charge in [-0.3, -0.25) is 0 Å². The van der Waals surface area contributed by atoms with Crippen LogP contribution in [0.2, 0.25) is 26.2 Å². The van der Waals surface area contributed by atoms with Crippen LogP contribution in [0.5, 0.6) is 0 Å². The first kappa shape index (κ1) is 29.5. The lowest BCUT2D eigenvalue weighted by molar-refractivity contribution is 0.965. The lowest BCUT2D eigenvalue weighted by Crippen LogP contribution is -2.73. The van der Waals surface area contributed by atoms with Gasteiger partial charge in [-0.25, -0.2) is 0 Å². The monoisotopic (exact) mass is 255 g/mol. The van der Waals surface area contributed by atoms with E-state index in [1.54, 1.807) is 0 Å². The van der Waals surface area contributed by atoms with Crippen LogP contribution in [0.25, 0.3) is 0 Å². The zero-order valence-corrected chi connectivity index (χ0v) is 10.5. The normalized spacial score (nSPS) is 10.0. The molecule has 0 saturated heterocycles. The molecule has 0 bridgehead atoms. The molecular weight excluding hydrogens is 218 g/mol. The Hall–Kier alpha value is 0.314. The second kappa shape index (κ2) is 10.8. The van der Waals surface area contributed by atoms with Gasteiger partial charge in [-0.1, -0.05) is 49.3 Å². The van der Waals surface area contributed by atoms with E-state index in [-0.39, 0.29) is 29.7 Å². The van der Waals surface area contributed by atoms with E-state index < -0.39 is 16.8 Å². The molecule has 0 heterocycles. The number of hydrogen-bond donors (Lipinski definition) is 3. The van der Waals surface area contributed by atoms with E-state index in [2.05, 4.69) is 40.8 Å². The number of nitrogens with one attached hydrogen (secondary N) is 3. The standard InChI is InChI=1S/C6H21N3Si2.4CH4/c1-7-11(6,8-2)9-10(3,4)5;;;;/h7-9H,1-6H3;4*1H4. The fraction of sp³-hybridized carbons (Fsp3) is 1.00. The van der Waals surface area contributed by atoms with Gasteiger partial charge in [-0.15, -0.1) is 0 Å². The topological polar surface area (TPSA) is 36.1 Å². The Morgan fingerprint density at radius 1 is 0.667 bits per heavy atom. The summed E-state index contributed by atoms with van der Waals surface area (Å²) in [6, 6.07) is 0. The molecule has 0 aromatic carbocycles. The highest BCUT2D eigenvalue weighted by molar-refractivity contribution is 6.88. The van der Waals surface area contributed by atoms with Gasteiger partial charge in [0.2, 0.25) is 0 Å². The van der Waals surface area contributed by atoms with Crippen LogP contribution < -0.4 is 14.6 Å². The van der Waals surface area contributed by atoms with E-state index in [1.165, 1.54) is 0 Å². The highest BCUT2D eigenvalue weighted by atomic mass is 28.4. The van der Waals surface area contributed by atoms with Gasteiger partial charge in [0.25, 0.3) is 8.56 Å². The molecule has 0 rings (SSSR count). The van der Waals surface area contributed by atoms with Crippen molar-refractivity contribution < 1.29 is 0 Å². The second-order valence-corrected chi connectivity index (χ2v) is 12.8. The Morgan fingerprint density at radius 2 is 0.933 bits per heavy atom. The molecule has 15 heavy (non-hydrogen) atoms. The Morgan fingerprint density at radius 3 is 1.00 bits per heavy atom. The summed E-state index contributed by atoms with van der Waals surface area (Å²) in [7, 11) is 1.35. The van der Waals surface area contributed by atoms with Gasteiger partial charge in [-0.2, -0.15) is 0 Å². The molecule has 100 valence electrons. The van der Waals surface area contributed by atoms with E-state index >= 15 is 0 Å². The Labute approximate surface area is 102 Å². The van der Waals surface area contributed by atoms with E-state index in [1.807, 2.05) is 14.1 Å². The van der Waals surface area contributed by atoms with E-state index in [0.717, 1.165) is 0 Å². The average molecular weight is 256 g/mol. The predicted molar refractivity (Wildman–Crippen MR) is 83.1 cm³/mol. The summed E-state index contributed by atoms with van der Waals surface area (Å²) in [5.41, 5.74) is 0. The van der Waals surface area contributed by atoms with Gasteiger partial charge < -0.3 is 14.6 Å². The molecule has 0 fully saturated rings. The molecule has 0 spiro atoms. The minimum Gasteiger partial charge on any atom is -0.335 e. The zero-order valence-electron chi connectivity index (χ0n) is 8.50. The van der Waals surface area contributed by atoms with Crippen LogP contribution in [0.4, 0.5) is 0 Å². The van der Waals surface area contributed by atoms with E-state index in [0.29, 0.717) is 0 Å². The molecule has 0 aliphatic rings. The maximum atomic E-state index is 3.69. The van der Waals surface area contributed by atoms with Crippen molar-refractivity contribution >= 4 is 16.8 Å². The van der Waals surface area contributed by atoms with Crippen molar-refractivity contribution in [3.05, 3.63) is 0 Å². The summed E-state index contributed by atoms with van der Waals surface area (Å²) in [5.74, 6) is 0. The lowest BCUT2D eigenvalue weighted by Gasteiger charge is -2.33. The average Bonchev–Trinajstić information content (AvgIpc) is 1.84. The zero-order chi connectivity index (χ0) is 9.12. The summed E-state index contributed by atoms with van der Waals surface area (Å²) >= 11 is 0. The smallest absolute Gasteiger partial charge is 0.271 e. The Bertz CT molecular complexity index is 120. The highest BCUT2D eigenvalue weighted by Crippen LogP contribution is 1.98. The molecule has 5 heteroatoms. The Balaban J connectivity index is -0.0000000833. The number of hydrogen-bond acceptors (Lipinski definition) is 3. The fourth-order valence-electron chi connectivity index (χ4n) is 1.00.